The Kier molecular flexibility index (Phi) is 3.91. The zero-order valence-corrected chi connectivity index (χ0v) is 12.2. The molecule has 0 fully saturated rings. The molecule has 0 radical (unpaired) electrons. The molecule has 7 nitrogen and oxygen atoms in total. The monoisotopic (exact) mass is 319 g/mol. The Bertz CT molecular complexity index is 731. The van der Waals surface area contributed by atoms with E-state index in [1.165, 1.54) is 10.9 Å². The fourth-order valence-electron chi connectivity index (χ4n) is 1.31. The molecule has 1 aromatic heterocycles. The standard InChI is InChI=1S/C10H11ClFN5O2S/c1-6(2)17-14-10(13-16-17)15-20(18,19)7-3-4-8(11)9(12)5-7/h3-6H,1-2H3,(H,14,15). The number of benzene rings is 1. The fourth-order valence-corrected chi connectivity index (χ4v) is 2.37. The summed E-state index contributed by atoms with van der Waals surface area (Å²) in [6, 6.07) is 3.09. The van der Waals surface area contributed by atoms with Crippen molar-refractivity contribution in [3.63, 3.8) is 0 Å². The van der Waals surface area contributed by atoms with Crippen molar-refractivity contribution in [2.45, 2.75) is 24.8 Å². The lowest BCUT2D eigenvalue weighted by molar-refractivity contribution is 0.455. The molecule has 0 amide bonds. The number of tetrazole rings is 1. The first kappa shape index (κ1) is 14.7. The second-order valence-corrected chi connectivity index (χ2v) is 6.30. The van der Waals surface area contributed by atoms with E-state index in [9.17, 15) is 12.8 Å². The van der Waals surface area contributed by atoms with Crippen LogP contribution in [0.15, 0.2) is 23.1 Å². The van der Waals surface area contributed by atoms with Gasteiger partial charge in [-0.15, -0.1) is 5.10 Å². The van der Waals surface area contributed by atoms with Gasteiger partial charge in [-0.2, -0.15) is 4.80 Å². The molecular formula is C10H11ClFN5O2S. The van der Waals surface area contributed by atoms with E-state index in [0.717, 1.165) is 12.1 Å². The SMILES string of the molecule is CC(C)n1nnc(NS(=O)(=O)c2ccc(Cl)c(F)c2)n1. The smallest absolute Gasteiger partial charge is 0.245 e. The van der Waals surface area contributed by atoms with Gasteiger partial charge in [-0.3, -0.25) is 0 Å². The molecule has 0 aliphatic heterocycles. The number of nitrogens with one attached hydrogen (secondary N) is 1. The van der Waals surface area contributed by atoms with E-state index >= 15 is 0 Å². The van der Waals surface area contributed by atoms with Crippen molar-refractivity contribution in [3.05, 3.63) is 29.0 Å². The molecule has 1 heterocycles. The first-order valence-corrected chi connectivity index (χ1v) is 7.43. The van der Waals surface area contributed by atoms with Crippen LogP contribution in [-0.4, -0.2) is 28.6 Å². The highest BCUT2D eigenvalue weighted by molar-refractivity contribution is 7.92. The van der Waals surface area contributed by atoms with E-state index in [1.807, 2.05) is 13.8 Å². The van der Waals surface area contributed by atoms with Crippen molar-refractivity contribution < 1.29 is 12.8 Å². The molecule has 0 spiro atoms. The predicted molar refractivity (Wildman–Crippen MR) is 70.4 cm³/mol. The Balaban J connectivity index is 2.28. The maximum Gasteiger partial charge on any atom is 0.277 e. The van der Waals surface area contributed by atoms with Crippen molar-refractivity contribution >= 4 is 27.6 Å². The van der Waals surface area contributed by atoms with E-state index < -0.39 is 15.8 Å². The van der Waals surface area contributed by atoms with Crippen LogP contribution < -0.4 is 4.72 Å². The molecule has 0 unspecified atom stereocenters. The van der Waals surface area contributed by atoms with Gasteiger partial charge in [-0.05, 0) is 37.3 Å². The van der Waals surface area contributed by atoms with Gasteiger partial charge in [0.2, 0.25) is 0 Å². The molecule has 0 atom stereocenters. The summed E-state index contributed by atoms with van der Waals surface area (Å²) < 4.78 is 39.4. The maximum absolute atomic E-state index is 13.3. The third-order valence-corrected chi connectivity index (χ3v) is 3.95. The van der Waals surface area contributed by atoms with Crippen LogP contribution in [0.4, 0.5) is 10.3 Å². The average Bonchev–Trinajstić information content (AvgIpc) is 2.80. The number of aromatic nitrogens is 4. The number of sulfonamides is 1. The van der Waals surface area contributed by atoms with E-state index in [0.29, 0.717) is 0 Å². The van der Waals surface area contributed by atoms with Crippen LogP contribution in [0.1, 0.15) is 19.9 Å². The molecule has 2 aromatic rings. The summed E-state index contributed by atoms with van der Waals surface area (Å²) in [7, 11) is -3.99. The number of halogens is 2. The molecule has 0 aliphatic rings. The number of anilines is 1. The second kappa shape index (κ2) is 5.33. The minimum atomic E-state index is -3.99. The van der Waals surface area contributed by atoms with Crippen LogP contribution in [0, 0.1) is 5.82 Å². The summed E-state index contributed by atoms with van der Waals surface area (Å²) in [6.45, 7) is 3.63. The number of nitrogens with zero attached hydrogens (tertiary/aromatic N) is 4. The highest BCUT2D eigenvalue weighted by Crippen LogP contribution is 2.20. The van der Waals surface area contributed by atoms with Crippen LogP contribution in [0.25, 0.3) is 0 Å². The van der Waals surface area contributed by atoms with Gasteiger partial charge >= 0.3 is 0 Å². The molecular weight excluding hydrogens is 309 g/mol. The summed E-state index contributed by atoms with van der Waals surface area (Å²) in [6.07, 6.45) is 0. The number of hydrogen-bond donors (Lipinski definition) is 1. The Labute approximate surface area is 119 Å². The zero-order chi connectivity index (χ0) is 14.9. The van der Waals surface area contributed by atoms with E-state index in [1.54, 1.807) is 0 Å². The summed E-state index contributed by atoms with van der Waals surface area (Å²) >= 11 is 5.50. The van der Waals surface area contributed by atoms with Crippen molar-refractivity contribution in [2.24, 2.45) is 0 Å². The van der Waals surface area contributed by atoms with E-state index in [-0.39, 0.29) is 21.9 Å². The van der Waals surface area contributed by atoms with Crippen LogP contribution in [0.5, 0.6) is 0 Å². The molecule has 0 aliphatic carbocycles. The fraction of sp³-hybridized carbons (Fsp3) is 0.300. The third kappa shape index (κ3) is 3.05. The summed E-state index contributed by atoms with van der Waals surface area (Å²) in [5.74, 6) is -1.01. The van der Waals surface area contributed by atoms with E-state index in [2.05, 4.69) is 20.1 Å². The molecule has 1 N–H and O–H groups in total. The summed E-state index contributed by atoms with van der Waals surface area (Å²) in [4.78, 5) is 0.973. The van der Waals surface area contributed by atoms with Crippen molar-refractivity contribution in [1.82, 2.24) is 20.2 Å². The van der Waals surface area contributed by atoms with Crippen molar-refractivity contribution in [2.75, 3.05) is 4.72 Å². The van der Waals surface area contributed by atoms with Gasteiger partial charge in [0.25, 0.3) is 16.0 Å². The topological polar surface area (TPSA) is 89.8 Å². The maximum atomic E-state index is 13.3. The van der Waals surface area contributed by atoms with Crippen molar-refractivity contribution in [1.29, 1.82) is 0 Å². The van der Waals surface area contributed by atoms with Gasteiger partial charge in [0.1, 0.15) is 5.82 Å². The lowest BCUT2D eigenvalue weighted by Gasteiger charge is -2.05. The van der Waals surface area contributed by atoms with Crippen LogP contribution in [0.3, 0.4) is 0 Å². The number of hydrogen-bond acceptors (Lipinski definition) is 5. The molecule has 10 heteroatoms. The molecule has 20 heavy (non-hydrogen) atoms. The Morgan fingerprint density at radius 1 is 1.40 bits per heavy atom. The second-order valence-electron chi connectivity index (χ2n) is 4.21. The molecule has 108 valence electrons. The summed E-state index contributed by atoms with van der Waals surface area (Å²) in [5.41, 5.74) is 0. The van der Waals surface area contributed by atoms with Crippen LogP contribution >= 0.6 is 11.6 Å². The van der Waals surface area contributed by atoms with Crippen LogP contribution in [-0.2, 0) is 10.0 Å². The molecule has 2 rings (SSSR count). The zero-order valence-electron chi connectivity index (χ0n) is 10.6. The highest BCUT2D eigenvalue weighted by atomic mass is 35.5. The Morgan fingerprint density at radius 2 is 2.10 bits per heavy atom. The molecule has 1 aromatic carbocycles. The average molecular weight is 320 g/mol. The number of rotatable bonds is 4. The molecule has 0 saturated carbocycles. The largest absolute Gasteiger partial charge is 0.277 e. The lowest BCUT2D eigenvalue weighted by atomic mass is 10.3. The molecule has 0 saturated heterocycles. The molecule has 0 bridgehead atoms. The highest BCUT2D eigenvalue weighted by Gasteiger charge is 2.19. The lowest BCUT2D eigenvalue weighted by Crippen LogP contribution is -2.14. The quantitative estimate of drug-likeness (QED) is 0.928. The predicted octanol–water partition coefficient (Wildman–Crippen LogP) is 1.85. The summed E-state index contributed by atoms with van der Waals surface area (Å²) in [5, 5.41) is 10.9. The minimum Gasteiger partial charge on any atom is -0.245 e. The third-order valence-electron chi connectivity index (χ3n) is 2.32. The van der Waals surface area contributed by atoms with E-state index in [4.69, 9.17) is 11.6 Å². The van der Waals surface area contributed by atoms with Gasteiger partial charge in [0, 0.05) is 0 Å². The van der Waals surface area contributed by atoms with Gasteiger partial charge in [0.05, 0.1) is 16.0 Å². The minimum absolute atomic E-state index is 0.0614. The van der Waals surface area contributed by atoms with Gasteiger partial charge in [0.15, 0.2) is 0 Å². The van der Waals surface area contributed by atoms with Crippen molar-refractivity contribution in [3.8, 4) is 0 Å². The van der Waals surface area contributed by atoms with Gasteiger partial charge in [-0.25, -0.2) is 17.5 Å². The Hall–Kier alpha value is -1.74. The normalized spacial score (nSPS) is 11.8. The first-order chi connectivity index (χ1) is 9.29. The van der Waals surface area contributed by atoms with Gasteiger partial charge in [-0.1, -0.05) is 16.7 Å². The van der Waals surface area contributed by atoms with Crippen LogP contribution in [0.2, 0.25) is 5.02 Å². The van der Waals surface area contributed by atoms with Gasteiger partial charge < -0.3 is 0 Å². The first-order valence-electron chi connectivity index (χ1n) is 5.57. The Morgan fingerprint density at radius 3 is 2.65 bits per heavy atom.